The molecular weight excluding hydrogens is 404 g/mol. The van der Waals surface area contributed by atoms with Crippen molar-refractivity contribution in [2.45, 2.75) is 66.0 Å². The van der Waals surface area contributed by atoms with Gasteiger partial charge in [0.15, 0.2) is 5.58 Å². The fraction of sp³-hybridized carbons (Fsp3) is 0.333. The van der Waals surface area contributed by atoms with Gasteiger partial charge < -0.3 is 14.2 Å². The molecule has 0 saturated heterocycles. The van der Waals surface area contributed by atoms with Crippen LogP contribution < -0.4 is 9.80 Å². The second kappa shape index (κ2) is 8.30. The van der Waals surface area contributed by atoms with Gasteiger partial charge in [0.25, 0.3) is 0 Å². The Morgan fingerprint density at radius 2 is 1.39 bits per heavy atom. The van der Waals surface area contributed by atoms with E-state index < -0.39 is 0 Å². The highest BCUT2D eigenvalue weighted by Crippen LogP contribution is 2.43. The minimum absolute atomic E-state index is 0.194. The predicted octanol–water partition coefficient (Wildman–Crippen LogP) is 8.68. The number of anilines is 2. The summed E-state index contributed by atoms with van der Waals surface area (Å²) in [4.78, 5) is 4.91. The normalized spacial score (nSPS) is 16.3. The number of benzene rings is 3. The van der Waals surface area contributed by atoms with Crippen LogP contribution in [-0.2, 0) is 0 Å². The quantitative estimate of drug-likeness (QED) is 0.311. The maximum atomic E-state index is 6.44. The molecule has 1 atom stereocenters. The van der Waals surface area contributed by atoms with Gasteiger partial charge in [-0.3, -0.25) is 0 Å². The highest BCUT2D eigenvalue weighted by molar-refractivity contribution is 6.09. The summed E-state index contributed by atoms with van der Waals surface area (Å²) in [5.74, 6) is 0.915. The van der Waals surface area contributed by atoms with Crippen molar-refractivity contribution in [2.75, 3.05) is 9.80 Å². The number of aryl methyl sites for hydroxylation is 1. The first kappa shape index (κ1) is 21.6. The second-order valence-electron chi connectivity index (χ2n) is 9.80. The van der Waals surface area contributed by atoms with Gasteiger partial charge >= 0.3 is 0 Å². The van der Waals surface area contributed by atoms with E-state index in [4.69, 9.17) is 4.42 Å². The number of hydrogen-bond acceptors (Lipinski definition) is 3. The van der Waals surface area contributed by atoms with E-state index in [9.17, 15) is 0 Å². The molecule has 0 radical (unpaired) electrons. The third-order valence-electron chi connectivity index (χ3n) is 6.98. The lowest BCUT2D eigenvalue weighted by Crippen LogP contribution is -2.39. The van der Waals surface area contributed by atoms with Gasteiger partial charge in [0.05, 0.1) is 5.69 Å². The summed E-state index contributed by atoms with van der Waals surface area (Å²) in [6.45, 7) is 13.6. The number of hydrogen-bond donors (Lipinski definition) is 0. The summed E-state index contributed by atoms with van der Waals surface area (Å²) in [7, 11) is 0. The van der Waals surface area contributed by atoms with Crippen LogP contribution in [0.1, 0.15) is 69.6 Å². The summed E-state index contributed by atoms with van der Waals surface area (Å²) < 4.78 is 6.44. The fourth-order valence-corrected chi connectivity index (χ4v) is 5.32. The molecule has 0 N–H and O–H groups in total. The van der Waals surface area contributed by atoms with Crippen LogP contribution in [0.25, 0.3) is 21.9 Å². The molecule has 1 aromatic heterocycles. The topological polar surface area (TPSA) is 19.6 Å². The molecule has 0 saturated carbocycles. The summed E-state index contributed by atoms with van der Waals surface area (Å²) in [6, 6.07) is 19.6. The maximum absolute atomic E-state index is 6.44. The molecule has 1 aliphatic rings. The lowest BCUT2D eigenvalue weighted by Gasteiger charge is -2.36. The average molecular weight is 439 g/mol. The highest BCUT2D eigenvalue weighted by atomic mass is 16.3. The molecule has 5 rings (SSSR count). The Kier molecular flexibility index (Phi) is 5.44. The minimum atomic E-state index is 0.194. The lowest BCUT2D eigenvalue weighted by atomic mass is 9.91. The molecular formula is C30H34N2O. The van der Waals surface area contributed by atoms with Crippen LogP contribution in [0.3, 0.4) is 0 Å². The lowest BCUT2D eigenvalue weighted by molar-refractivity contribution is 0.635. The zero-order chi connectivity index (χ0) is 23.3. The molecule has 0 bridgehead atoms. The number of fused-ring (bicyclic) bond motifs is 3. The molecule has 2 heterocycles. The van der Waals surface area contributed by atoms with Crippen LogP contribution in [-0.4, -0.2) is 6.17 Å². The third kappa shape index (κ3) is 3.42. The summed E-state index contributed by atoms with van der Waals surface area (Å²) in [5, 5.41) is 2.35. The van der Waals surface area contributed by atoms with Gasteiger partial charge in [0, 0.05) is 28.9 Å². The molecule has 170 valence electrons. The van der Waals surface area contributed by atoms with E-state index in [0.717, 1.165) is 17.6 Å². The molecule has 0 fully saturated rings. The van der Waals surface area contributed by atoms with Crippen LogP contribution in [0.2, 0.25) is 0 Å². The van der Waals surface area contributed by atoms with E-state index >= 15 is 0 Å². The van der Waals surface area contributed by atoms with E-state index in [2.05, 4.69) is 112 Å². The van der Waals surface area contributed by atoms with Crippen LogP contribution in [0.5, 0.6) is 0 Å². The first-order valence-corrected chi connectivity index (χ1v) is 12.2. The van der Waals surface area contributed by atoms with Gasteiger partial charge in [-0.05, 0) is 47.9 Å². The largest absolute Gasteiger partial charge is 0.454 e. The Bertz CT molecular complexity index is 1320. The van der Waals surface area contributed by atoms with Gasteiger partial charge in [-0.1, -0.05) is 83.1 Å². The Morgan fingerprint density at radius 1 is 0.758 bits per heavy atom. The monoisotopic (exact) mass is 438 g/mol. The Labute approximate surface area is 197 Å². The van der Waals surface area contributed by atoms with Gasteiger partial charge in [-0.15, -0.1) is 0 Å². The maximum Gasteiger partial charge on any atom is 0.159 e. The molecule has 1 aliphatic heterocycles. The second-order valence-corrected chi connectivity index (χ2v) is 9.80. The van der Waals surface area contributed by atoms with Crippen LogP contribution in [0, 0.1) is 6.92 Å². The van der Waals surface area contributed by atoms with E-state index in [1.54, 1.807) is 0 Å². The standard InChI is InChI=1S/C30H34N2O/c1-7-27-31(17-18-32(27)29-22(19(2)3)12-10-13-23(29)20(4)5)28-21(6)15-16-25-24-11-8-9-14-26(24)33-30(25)28/h8-20,27H,7H2,1-6H3. The van der Waals surface area contributed by atoms with E-state index in [-0.39, 0.29) is 6.17 Å². The predicted molar refractivity (Wildman–Crippen MR) is 141 cm³/mol. The fourth-order valence-electron chi connectivity index (χ4n) is 5.32. The molecule has 0 amide bonds. The molecule has 4 aromatic rings. The zero-order valence-corrected chi connectivity index (χ0v) is 20.6. The van der Waals surface area contributed by atoms with Crippen molar-refractivity contribution in [2.24, 2.45) is 0 Å². The first-order valence-electron chi connectivity index (χ1n) is 12.2. The van der Waals surface area contributed by atoms with E-state index in [1.165, 1.54) is 38.8 Å². The average Bonchev–Trinajstić information content (AvgIpc) is 3.39. The van der Waals surface area contributed by atoms with Crippen LogP contribution in [0.15, 0.2) is 71.4 Å². The summed E-state index contributed by atoms with van der Waals surface area (Å²) in [5.41, 5.74) is 8.49. The van der Waals surface area contributed by atoms with Crippen molar-refractivity contribution in [1.29, 1.82) is 0 Å². The molecule has 3 heteroatoms. The molecule has 0 aliphatic carbocycles. The number of para-hydroxylation sites is 2. The molecule has 0 spiro atoms. The number of rotatable bonds is 5. The van der Waals surface area contributed by atoms with Crippen molar-refractivity contribution in [3.05, 3.63) is 83.7 Å². The number of nitrogens with zero attached hydrogens (tertiary/aromatic N) is 2. The van der Waals surface area contributed by atoms with E-state index in [0.29, 0.717) is 11.8 Å². The third-order valence-corrected chi connectivity index (χ3v) is 6.98. The van der Waals surface area contributed by atoms with Gasteiger partial charge in [0.2, 0.25) is 0 Å². The van der Waals surface area contributed by atoms with Crippen LogP contribution >= 0.6 is 0 Å². The van der Waals surface area contributed by atoms with Crippen molar-refractivity contribution in [3.8, 4) is 0 Å². The Balaban J connectivity index is 1.67. The van der Waals surface area contributed by atoms with Crippen molar-refractivity contribution < 1.29 is 4.42 Å². The van der Waals surface area contributed by atoms with Gasteiger partial charge in [0.1, 0.15) is 11.7 Å². The molecule has 3 aromatic carbocycles. The van der Waals surface area contributed by atoms with Crippen molar-refractivity contribution >= 4 is 33.3 Å². The molecule has 3 nitrogen and oxygen atoms in total. The zero-order valence-electron chi connectivity index (χ0n) is 20.6. The SMILES string of the molecule is CCC1N(c2c(C(C)C)cccc2C(C)C)C=CN1c1c(C)ccc2c1oc1ccccc12. The van der Waals surface area contributed by atoms with Gasteiger partial charge in [-0.25, -0.2) is 0 Å². The van der Waals surface area contributed by atoms with E-state index in [1.807, 2.05) is 6.07 Å². The first-order chi connectivity index (χ1) is 15.9. The Morgan fingerprint density at radius 3 is 2.03 bits per heavy atom. The van der Waals surface area contributed by atoms with Gasteiger partial charge in [-0.2, -0.15) is 0 Å². The number of furan rings is 1. The van der Waals surface area contributed by atoms with Crippen LogP contribution in [0.4, 0.5) is 11.4 Å². The molecule has 33 heavy (non-hydrogen) atoms. The smallest absolute Gasteiger partial charge is 0.159 e. The highest BCUT2D eigenvalue weighted by Gasteiger charge is 2.33. The Hall–Kier alpha value is -3.20. The van der Waals surface area contributed by atoms with Crippen molar-refractivity contribution in [3.63, 3.8) is 0 Å². The van der Waals surface area contributed by atoms with Crippen molar-refractivity contribution in [1.82, 2.24) is 0 Å². The minimum Gasteiger partial charge on any atom is -0.454 e. The summed E-state index contributed by atoms with van der Waals surface area (Å²) in [6.07, 6.45) is 5.69. The summed E-state index contributed by atoms with van der Waals surface area (Å²) >= 11 is 0. The molecule has 1 unspecified atom stereocenters.